The summed E-state index contributed by atoms with van der Waals surface area (Å²) < 4.78 is 7.68. The number of thioether (sulfide) groups is 1. The molecule has 0 atom stereocenters. The van der Waals surface area contributed by atoms with Gasteiger partial charge in [0.25, 0.3) is 0 Å². The fourth-order valence-corrected chi connectivity index (χ4v) is 3.77. The SMILES string of the molecule is Cc1ccc(-c2ccc(CNCCSc3nnnn3-c3ccccc3)o2)cc1Cl. The molecule has 29 heavy (non-hydrogen) atoms. The molecule has 4 rings (SSSR count). The maximum Gasteiger partial charge on any atom is 0.214 e. The van der Waals surface area contributed by atoms with Crippen molar-refractivity contribution in [3.63, 3.8) is 0 Å². The molecule has 6 nitrogen and oxygen atoms in total. The van der Waals surface area contributed by atoms with Crippen LogP contribution in [0.4, 0.5) is 0 Å². The van der Waals surface area contributed by atoms with Gasteiger partial charge < -0.3 is 9.73 Å². The highest BCUT2D eigenvalue weighted by Crippen LogP contribution is 2.27. The number of aryl methyl sites for hydroxylation is 1. The first-order valence-corrected chi connectivity index (χ1v) is 10.6. The quantitative estimate of drug-likeness (QED) is 0.324. The summed E-state index contributed by atoms with van der Waals surface area (Å²) >= 11 is 7.82. The number of tetrazole rings is 1. The highest BCUT2D eigenvalue weighted by molar-refractivity contribution is 7.99. The molecule has 1 N–H and O–H groups in total. The summed E-state index contributed by atoms with van der Waals surface area (Å²) in [4.78, 5) is 0. The van der Waals surface area contributed by atoms with Gasteiger partial charge in [0.2, 0.25) is 5.16 Å². The zero-order valence-electron chi connectivity index (χ0n) is 15.9. The van der Waals surface area contributed by atoms with E-state index in [1.165, 1.54) is 0 Å². The van der Waals surface area contributed by atoms with E-state index in [0.29, 0.717) is 6.54 Å². The van der Waals surface area contributed by atoms with Crippen molar-refractivity contribution in [2.24, 2.45) is 0 Å². The molecule has 2 aromatic heterocycles. The van der Waals surface area contributed by atoms with Crippen LogP contribution in [0.5, 0.6) is 0 Å². The molecular formula is C21H20ClN5OS. The molecule has 0 aliphatic rings. The van der Waals surface area contributed by atoms with E-state index in [-0.39, 0.29) is 0 Å². The van der Waals surface area contributed by atoms with Crippen molar-refractivity contribution in [1.29, 1.82) is 0 Å². The molecule has 0 saturated heterocycles. The van der Waals surface area contributed by atoms with Crippen molar-refractivity contribution in [3.8, 4) is 17.0 Å². The van der Waals surface area contributed by atoms with Crippen LogP contribution in [-0.4, -0.2) is 32.5 Å². The monoisotopic (exact) mass is 425 g/mol. The third-order valence-electron chi connectivity index (χ3n) is 4.37. The normalized spacial score (nSPS) is 11.1. The maximum atomic E-state index is 6.21. The van der Waals surface area contributed by atoms with Crippen LogP contribution in [0.15, 0.2) is 70.2 Å². The van der Waals surface area contributed by atoms with Gasteiger partial charge in [-0.2, -0.15) is 4.68 Å². The van der Waals surface area contributed by atoms with Crippen LogP contribution in [0.1, 0.15) is 11.3 Å². The van der Waals surface area contributed by atoms with Gasteiger partial charge in [-0.25, -0.2) is 0 Å². The van der Waals surface area contributed by atoms with Gasteiger partial charge in [-0.15, -0.1) is 5.10 Å². The van der Waals surface area contributed by atoms with Crippen LogP contribution in [0.2, 0.25) is 5.02 Å². The van der Waals surface area contributed by atoms with Gasteiger partial charge >= 0.3 is 0 Å². The zero-order valence-corrected chi connectivity index (χ0v) is 17.5. The second-order valence-electron chi connectivity index (χ2n) is 6.46. The predicted octanol–water partition coefficient (Wildman–Crippen LogP) is 4.77. The molecule has 0 saturated carbocycles. The van der Waals surface area contributed by atoms with Gasteiger partial charge in [0.1, 0.15) is 11.5 Å². The van der Waals surface area contributed by atoms with E-state index < -0.39 is 0 Å². The Morgan fingerprint density at radius 3 is 2.79 bits per heavy atom. The average Bonchev–Trinajstić information content (AvgIpc) is 3.40. The van der Waals surface area contributed by atoms with E-state index in [1.807, 2.05) is 67.6 Å². The Morgan fingerprint density at radius 1 is 1.10 bits per heavy atom. The Morgan fingerprint density at radius 2 is 1.97 bits per heavy atom. The first-order chi connectivity index (χ1) is 14.2. The molecule has 0 radical (unpaired) electrons. The lowest BCUT2D eigenvalue weighted by Crippen LogP contribution is -2.16. The van der Waals surface area contributed by atoms with Gasteiger partial charge in [0, 0.05) is 22.9 Å². The molecule has 4 aromatic rings. The summed E-state index contributed by atoms with van der Waals surface area (Å²) in [5, 5.41) is 16.9. The summed E-state index contributed by atoms with van der Waals surface area (Å²) in [5.74, 6) is 2.55. The molecule has 2 aromatic carbocycles. The Kier molecular flexibility index (Phi) is 6.29. The van der Waals surface area contributed by atoms with Crippen LogP contribution in [0.3, 0.4) is 0 Å². The Labute approximate surface area is 178 Å². The molecule has 148 valence electrons. The Bertz CT molecular complexity index is 1080. The smallest absolute Gasteiger partial charge is 0.214 e. The number of furan rings is 1. The third-order valence-corrected chi connectivity index (χ3v) is 5.70. The number of para-hydroxylation sites is 1. The first kappa shape index (κ1) is 19.7. The number of hydrogen-bond acceptors (Lipinski definition) is 6. The number of nitrogens with one attached hydrogen (secondary N) is 1. The van der Waals surface area contributed by atoms with Gasteiger partial charge in [-0.05, 0) is 53.2 Å². The number of halogens is 1. The highest BCUT2D eigenvalue weighted by atomic mass is 35.5. The summed E-state index contributed by atoms with van der Waals surface area (Å²) in [6, 6.07) is 19.8. The maximum absolute atomic E-state index is 6.21. The van der Waals surface area contributed by atoms with Crippen LogP contribution >= 0.6 is 23.4 Å². The molecule has 0 amide bonds. The summed E-state index contributed by atoms with van der Waals surface area (Å²) in [7, 11) is 0. The second kappa shape index (κ2) is 9.26. The Hall–Kier alpha value is -2.61. The van der Waals surface area contributed by atoms with Crippen LogP contribution < -0.4 is 5.32 Å². The van der Waals surface area contributed by atoms with E-state index in [0.717, 1.165) is 50.8 Å². The standard InChI is InChI=1S/C21H20ClN5OS/c1-15-7-8-16(13-19(15)22)20-10-9-18(28-20)14-23-11-12-29-21-24-25-26-27(21)17-5-3-2-4-6-17/h2-10,13,23H,11-12,14H2,1H3. The third kappa shape index (κ3) is 4.87. The topological polar surface area (TPSA) is 68.8 Å². The number of rotatable bonds is 8. The molecule has 0 spiro atoms. The van der Waals surface area contributed by atoms with Gasteiger partial charge in [0.15, 0.2) is 0 Å². The molecule has 0 aliphatic heterocycles. The van der Waals surface area contributed by atoms with Crippen molar-refractivity contribution in [2.45, 2.75) is 18.6 Å². The number of nitrogens with zero attached hydrogens (tertiary/aromatic N) is 4. The molecule has 0 aliphatic carbocycles. The minimum atomic E-state index is 0.657. The van der Waals surface area contributed by atoms with E-state index in [4.69, 9.17) is 16.0 Å². The van der Waals surface area contributed by atoms with Crippen LogP contribution in [0, 0.1) is 6.92 Å². The van der Waals surface area contributed by atoms with E-state index >= 15 is 0 Å². The average molecular weight is 426 g/mol. The zero-order chi connectivity index (χ0) is 20.1. The van der Waals surface area contributed by atoms with E-state index in [1.54, 1.807) is 16.4 Å². The molecular weight excluding hydrogens is 406 g/mol. The second-order valence-corrected chi connectivity index (χ2v) is 7.93. The largest absolute Gasteiger partial charge is 0.460 e. The number of hydrogen-bond donors (Lipinski definition) is 1. The predicted molar refractivity (Wildman–Crippen MR) is 115 cm³/mol. The fraction of sp³-hybridized carbons (Fsp3) is 0.190. The lowest BCUT2D eigenvalue weighted by Gasteiger charge is -2.05. The molecule has 0 unspecified atom stereocenters. The minimum Gasteiger partial charge on any atom is -0.460 e. The Balaban J connectivity index is 1.26. The van der Waals surface area contributed by atoms with Crippen molar-refractivity contribution in [1.82, 2.24) is 25.5 Å². The van der Waals surface area contributed by atoms with Gasteiger partial charge in [0.05, 0.1) is 12.2 Å². The van der Waals surface area contributed by atoms with Gasteiger partial charge in [-0.1, -0.05) is 53.7 Å². The van der Waals surface area contributed by atoms with Crippen molar-refractivity contribution in [3.05, 3.63) is 77.0 Å². The van der Waals surface area contributed by atoms with E-state index in [2.05, 4.69) is 20.8 Å². The summed E-state index contributed by atoms with van der Waals surface area (Å²) in [5.41, 5.74) is 2.99. The summed E-state index contributed by atoms with van der Waals surface area (Å²) in [6.07, 6.45) is 0. The van der Waals surface area contributed by atoms with E-state index in [9.17, 15) is 0 Å². The molecule has 2 heterocycles. The molecule has 0 fully saturated rings. The fourth-order valence-electron chi connectivity index (χ4n) is 2.80. The van der Waals surface area contributed by atoms with Crippen molar-refractivity contribution in [2.75, 3.05) is 12.3 Å². The number of benzene rings is 2. The molecule has 8 heteroatoms. The van der Waals surface area contributed by atoms with Crippen molar-refractivity contribution < 1.29 is 4.42 Å². The highest BCUT2D eigenvalue weighted by Gasteiger charge is 2.09. The van der Waals surface area contributed by atoms with Crippen molar-refractivity contribution >= 4 is 23.4 Å². The molecule has 0 bridgehead atoms. The lowest BCUT2D eigenvalue weighted by atomic mass is 10.1. The van der Waals surface area contributed by atoms with Crippen LogP contribution in [0.25, 0.3) is 17.0 Å². The number of aromatic nitrogens is 4. The first-order valence-electron chi connectivity index (χ1n) is 9.23. The lowest BCUT2D eigenvalue weighted by molar-refractivity contribution is 0.499. The van der Waals surface area contributed by atoms with Gasteiger partial charge in [-0.3, -0.25) is 0 Å². The summed E-state index contributed by atoms with van der Waals surface area (Å²) in [6.45, 7) is 3.45. The minimum absolute atomic E-state index is 0.657. The van der Waals surface area contributed by atoms with Crippen LogP contribution in [-0.2, 0) is 6.54 Å².